The third kappa shape index (κ3) is 3.88. The van der Waals surface area contributed by atoms with Gasteiger partial charge in [0, 0.05) is 33.1 Å². The first kappa shape index (κ1) is 17.0. The fourth-order valence-electron chi connectivity index (χ4n) is 3.61. The maximum atomic E-state index is 6.57. The summed E-state index contributed by atoms with van der Waals surface area (Å²) in [5.74, 6) is 1.04. The number of rotatable bonds is 5. The van der Waals surface area contributed by atoms with E-state index in [-0.39, 0.29) is 0 Å². The largest absolute Gasteiger partial charge is 0.326 e. The van der Waals surface area contributed by atoms with Gasteiger partial charge in [0.1, 0.15) is 0 Å². The van der Waals surface area contributed by atoms with Crippen LogP contribution in [0.3, 0.4) is 0 Å². The van der Waals surface area contributed by atoms with E-state index in [0.717, 1.165) is 10.5 Å². The van der Waals surface area contributed by atoms with Crippen molar-refractivity contribution >= 4 is 23.5 Å². The number of thioether (sulfide) groups is 2. The van der Waals surface area contributed by atoms with Crippen LogP contribution in [0.15, 0.2) is 0 Å². The van der Waals surface area contributed by atoms with Crippen LogP contribution in [0.5, 0.6) is 0 Å². The molecular weight excluding hydrogens is 284 g/mol. The zero-order valence-corrected chi connectivity index (χ0v) is 15.1. The molecule has 2 saturated heterocycles. The fraction of sp³-hybridized carbons (Fsp3) is 1.00. The molecule has 118 valence electrons. The summed E-state index contributed by atoms with van der Waals surface area (Å²) in [7, 11) is 0. The summed E-state index contributed by atoms with van der Waals surface area (Å²) in [6, 6.07) is 0.602. The van der Waals surface area contributed by atoms with E-state index in [9.17, 15) is 0 Å². The van der Waals surface area contributed by atoms with E-state index in [1.54, 1.807) is 0 Å². The summed E-state index contributed by atoms with van der Waals surface area (Å²) in [5, 5.41) is 2.86. The molecule has 0 aromatic heterocycles. The molecule has 0 radical (unpaired) electrons. The van der Waals surface area contributed by atoms with Gasteiger partial charge in [-0.15, -0.1) is 0 Å². The van der Waals surface area contributed by atoms with Crippen LogP contribution in [0.4, 0.5) is 0 Å². The Bertz CT molecular complexity index is 283. The topological polar surface area (TPSA) is 52.0 Å². The Labute approximate surface area is 133 Å². The zero-order chi connectivity index (χ0) is 14.9. The molecule has 2 nitrogen and oxygen atoms in total. The highest BCUT2D eigenvalue weighted by molar-refractivity contribution is 8.01. The summed E-state index contributed by atoms with van der Waals surface area (Å²) in [6.45, 7) is 9.30. The van der Waals surface area contributed by atoms with Crippen LogP contribution in [-0.4, -0.2) is 33.1 Å². The summed E-state index contributed by atoms with van der Waals surface area (Å²) >= 11 is 4.19. The molecule has 2 aliphatic rings. The van der Waals surface area contributed by atoms with Crippen molar-refractivity contribution in [2.45, 2.75) is 86.5 Å². The summed E-state index contributed by atoms with van der Waals surface area (Å²) < 4.78 is 0. The normalized spacial score (nSPS) is 40.5. The summed E-state index contributed by atoms with van der Waals surface area (Å²) in [4.78, 5) is 0. The Morgan fingerprint density at radius 1 is 0.750 bits per heavy atom. The van der Waals surface area contributed by atoms with Crippen molar-refractivity contribution in [2.24, 2.45) is 23.3 Å². The lowest BCUT2D eigenvalue weighted by atomic mass is 9.80. The lowest BCUT2D eigenvalue weighted by Gasteiger charge is -2.35. The Kier molecular flexibility index (Phi) is 6.16. The van der Waals surface area contributed by atoms with Gasteiger partial charge in [-0.2, -0.15) is 23.5 Å². The SMILES string of the molecule is CC1CCC(C(N)C(C)C(C)C(N)C2CCC(C)S2)S1. The van der Waals surface area contributed by atoms with Crippen LogP contribution in [0.1, 0.15) is 53.4 Å². The molecule has 2 heterocycles. The monoisotopic (exact) mass is 316 g/mol. The van der Waals surface area contributed by atoms with Gasteiger partial charge < -0.3 is 11.5 Å². The van der Waals surface area contributed by atoms with Gasteiger partial charge in [0.15, 0.2) is 0 Å². The van der Waals surface area contributed by atoms with Crippen molar-refractivity contribution in [3.05, 3.63) is 0 Å². The Morgan fingerprint density at radius 2 is 1.10 bits per heavy atom. The van der Waals surface area contributed by atoms with Gasteiger partial charge >= 0.3 is 0 Å². The average Bonchev–Trinajstić information content (AvgIpc) is 3.04. The molecule has 0 saturated carbocycles. The molecule has 2 rings (SSSR count). The van der Waals surface area contributed by atoms with Gasteiger partial charge in [0.25, 0.3) is 0 Å². The Morgan fingerprint density at radius 3 is 1.35 bits per heavy atom. The van der Waals surface area contributed by atoms with Crippen LogP contribution in [0, 0.1) is 11.8 Å². The average molecular weight is 317 g/mol. The smallest absolute Gasteiger partial charge is 0.0204 e. The minimum Gasteiger partial charge on any atom is -0.326 e. The van der Waals surface area contributed by atoms with Gasteiger partial charge in [-0.3, -0.25) is 0 Å². The van der Waals surface area contributed by atoms with Gasteiger partial charge in [0.2, 0.25) is 0 Å². The second-order valence-corrected chi connectivity index (χ2v) is 10.4. The van der Waals surface area contributed by atoms with Gasteiger partial charge in [0.05, 0.1) is 0 Å². The van der Waals surface area contributed by atoms with Gasteiger partial charge in [-0.25, -0.2) is 0 Å². The van der Waals surface area contributed by atoms with E-state index < -0.39 is 0 Å². The minimum absolute atomic E-state index is 0.301. The molecule has 0 amide bonds. The van der Waals surface area contributed by atoms with Crippen molar-refractivity contribution < 1.29 is 0 Å². The maximum absolute atomic E-state index is 6.57. The van der Waals surface area contributed by atoms with E-state index in [0.29, 0.717) is 34.4 Å². The first-order valence-electron chi connectivity index (χ1n) is 8.22. The second-order valence-electron chi connectivity index (χ2n) is 7.00. The minimum atomic E-state index is 0.301. The van der Waals surface area contributed by atoms with Crippen LogP contribution in [0.2, 0.25) is 0 Å². The molecule has 0 spiro atoms. The van der Waals surface area contributed by atoms with E-state index in [2.05, 4.69) is 51.2 Å². The number of hydrogen-bond acceptors (Lipinski definition) is 4. The molecular formula is C16H32N2S2. The molecule has 4 heteroatoms. The summed E-state index contributed by atoms with van der Waals surface area (Å²) in [6.07, 6.45) is 5.22. The number of nitrogens with two attached hydrogens (primary N) is 2. The molecule has 0 aromatic carbocycles. The molecule has 0 aromatic rings. The predicted molar refractivity (Wildman–Crippen MR) is 94.4 cm³/mol. The predicted octanol–water partition coefficient (Wildman–Crippen LogP) is 3.48. The van der Waals surface area contributed by atoms with Crippen molar-refractivity contribution in [1.82, 2.24) is 0 Å². The highest BCUT2D eigenvalue weighted by Gasteiger charge is 2.37. The first-order chi connectivity index (χ1) is 9.40. The molecule has 2 fully saturated rings. The maximum Gasteiger partial charge on any atom is 0.0204 e. The molecule has 2 aliphatic heterocycles. The highest BCUT2D eigenvalue weighted by atomic mass is 32.2. The lowest BCUT2D eigenvalue weighted by Crippen LogP contribution is -2.48. The standard InChI is InChI=1S/C16H32N2S2/c1-9-5-7-13(19-9)15(17)11(3)12(4)16(18)14-8-6-10(2)20-14/h9-16H,5-8,17-18H2,1-4H3. The van der Waals surface area contributed by atoms with Crippen LogP contribution >= 0.6 is 23.5 Å². The van der Waals surface area contributed by atoms with Gasteiger partial charge in [-0.1, -0.05) is 27.7 Å². The zero-order valence-electron chi connectivity index (χ0n) is 13.4. The van der Waals surface area contributed by atoms with Crippen molar-refractivity contribution in [3.63, 3.8) is 0 Å². The molecule has 0 aliphatic carbocycles. The third-order valence-electron chi connectivity index (χ3n) is 5.43. The van der Waals surface area contributed by atoms with Crippen molar-refractivity contribution in [1.29, 1.82) is 0 Å². The molecule has 8 unspecified atom stereocenters. The van der Waals surface area contributed by atoms with Crippen LogP contribution in [0.25, 0.3) is 0 Å². The quantitative estimate of drug-likeness (QED) is 0.815. The van der Waals surface area contributed by atoms with E-state index in [1.165, 1.54) is 25.7 Å². The number of hydrogen-bond donors (Lipinski definition) is 2. The lowest BCUT2D eigenvalue weighted by molar-refractivity contribution is 0.269. The molecule has 4 N–H and O–H groups in total. The molecule has 8 atom stereocenters. The molecule has 20 heavy (non-hydrogen) atoms. The highest BCUT2D eigenvalue weighted by Crippen LogP contribution is 2.40. The third-order valence-corrected chi connectivity index (χ3v) is 8.63. The van der Waals surface area contributed by atoms with Crippen molar-refractivity contribution in [3.8, 4) is 0 Å². The van der Waals surface area contributed by atoms with Crippen molar-refractivity contribution in [2.75, 3.05) is 0 Å². The van der Waals surface area contributed by atoms with Gasteiger partial charge in [-0.05, 0) is 37.5 Å². The van der Waals surface area contributed by atoms with Crippen LogP contribution < -0.4 is 11.5 Å². The molecule has 0 bridgehead atoms. The first-order valence-corrected chi connectivity index (χ1v) is 10.1. The Hall–Kier alpha value is 0.620. The van der Waals surface area contributed by atoms with E-state index in [1.807, 2.05) is 0 Å². The fourth-order valence-corrected chi connectivity index (χ4v) is 6.75. The van der Waals surface area contributed by atoms with E-state index in [4.69, 9.17) is 11.5 Å². The second kappa shape index (κ2) is 7.26. The van der Waals surface area contributed by atoms with E-state index >= 15 is 0 Å². The summed E-state index contributed by atoms with van der Waals surface area (Å²) in [5.41, 5.74) is 13.1. The Balaban J connectivity index is 1.88. The van der Waals surface area contributed by atoms with Crippen LogP contribution in [-0.2, 0) is 0 Å².